The molecule has 0 bridgehead atoms. The van der Waals surface area contributed by atoms with Crippen LogP contribution in [0.2, 0.25) is 0 Å². The molecular weight excluding hydrogens is 356 g/mol. The average Bonchev–Trinajstić information content (AvgIpc) is 3.12. The number of likely N-dealkylation sites (N-methyl/N-ethyl adjacent to an activating group) is 1. The Morgan fingerprint density at radius 3 is 2.96 bits per heavy atom. The molecule has 4 heterocycles. The normalized spacial score (nSPS) is 15.0. The lowest BCUT2D eigenvalue weighted by Gasteiger charge is -2.32. The Balaban J connectivity index is 1.47. The Labute approximate surface area is 160 Å². The smallest absolute Gasteiger partial charge is 0.241 e. The van der Waals surface area contributed by atoms with Crippen molar-refractivity contribution < 1.29 is 4.79 Å². The molecular formula is C19H18N8O. The molecule has 0 N–H and O–H groups in total. The molecule has 28 heavy (non-hydrogen) atoms. The average molecular weight is 374 g/mol. The van der Waals surface area contributed by atoms with Gasteiger partial charge in [-0.2, -0.15) is 0 Å². The standard InChI is InChI=1S/C19H18N8O/c1-25-7-8-26(12-17(25)28)16-10-21-18-19(22-16)27(24-23-18)11-13-4-5-15-14(9-13)3-2-6-20-15/h2-6,9-10H,7-8,11-12H2,1H3. The molecule has 1 aromatic carbocycles. The molecule has 1 amide bonds. The van der Waals surface area contributed by atoms with Crippen molar-refractivity contribution in [2.24, 2.45) is 0 Å². The summed E-state index contributed by atoms with van der Waals surface area (Å²) >= 11 is 0. The summed E-state index contributed by atoms with van der Waals surface area (Å²) < 4.78 is 1.74. The Morgan fingerprint density at radius 1 is 1.14 bits per heavy atom. The SMILES string of the molecule is CN1CCN(c2cnc3nnn(Cc4ccc5ncccc5c4)c3n2)CC1=O. The van der Waals surface area contributed by atoms with Gasteiger partial charge in [-0.25, -0.2) is 14.6 Å². The van der Waals surface area contributed by atoms with Crippen molar-refractivity contribution in [3.05, 3.63) is 48.3 Å². The van der Waals surface area contributed by atoms with Crippen LogP contribution in [0.4, 0.5) is 5.82 Å². The molecule has 0 saturated carbocycles. The summed E-state index contributed by atoms with van der Waals surface area (Å²) in [5.41, 5.74) is 3.13. The van der Waals surface area contributed by atoms with E-state index in [9.17, 15) is 4.79 Å². The maximum absolute atomic E-state index is 12.0. The summed E-state index contributed by atoms with van der Waals surface area (Å²) in [6.45, 7) is 2.22. The fraction of sp³-hybridized carbons (Fsp3) is 0.263. The first-order valence-electron chi connectivity index (χ1n) is 9.06. The molecule has 1 saturated heterocycles. The van der Waals surface area contributed by atoms with Crippen LogP contribution in [-0.4, -0.2) is 67.4 Å². The van der Waals surface area contributed by atoms with E-state index in [0.29, 0.717) is 36.7 Å². The monoisotopic (exact) mass is 374 g/mol. The molecule has 0 aliphatic carbocycles. The number of hydrogen-bond donors (Lipinski definition) is 0. The molecule has 5 rings (SSSR count). The molecule has 9 nitrogen and oxygen atoms in total. The number of aromatic nitrogens is 6. The van der Waals surface area contributed by atoms with Gasteiger partial charge in [-0.1, -0.05) is 17.3 Å². The molecule has 9 heteroatoms. The Kier molecular flexibility index (Phi) is 3.85. The highest BCUT2D eigenvalue weighted by molar-refractivity contribution is 5.82. The molecule has 0 spiro atoms. The minimum atomic E-state index is 0.0737. The summed E-state index contributed by atoms with van der Waals surface area (Å²) in [6, 6.07) is 10.1. The van der Waals surface area contributed by atoms with Crippen molar-refractivity contribution in [2.75, 3.05) is 31.6 Å². The molecule has 1 aliphatic rings. The highest BCUT2D eigenvalue weighted by Gasteiger charge is 2.23. The summed E-state index contributed by atoms with van der Waals surface area (Å²) in [4.78, 5) is 29.1. The summed E-state index contributed by atoms with van der Waals surface area (Å²) in [6.07, 6.45) is 3.44. The molecule has 140 valence electrons. The topological polar surface area (TPSA) is 92.9 Å². The van der Waals surface area contributed by atoms with Crippen LogP contribution < -0.4 is 4.90 Å². The molecule has 4 aromatic rings. The van der Waals surface area contributed by atoms with E-state index in [1.54, 1.807) is 22.0 Å². The third kappa shape index (κ3) is 2.90. The lowest BCUT2D eigenvalue weighted by atomic mass is 10.1. The van der Waals surface area contributed by atoms with Crippen LogP contribution in [0.5, 0.6) is 0 Å². The van der Waals surface area contributed by atoms with E-state index in [0.717, 1.165) is 23.0 Å². The molecule has 0 unspecified atom stereocenters. The van der Waals surface area contributed by atoms with Gasteiger partial charge in [0.05, 0.1) is 24.8 Å². The van der Waals surface area contributed by atoms with Crippen LogP contribution in [-0.2, 0) is 11.3 Å². The van der Waals surface area contributed by atoms with Gasteiger partial charge in [0.2, 0.25) is 11.6 Å². The highest BCUT2D eigenvalue weighted by Crippen LogP contribution is 2.18. The first kappa shape index (κ1) is 16.5. The van der Waals surface area contributed by atoms with Crippen LogP contribution in [0.1, 0.15) is 5.56 Å². The minimum Gasteiger partial charge on any atom is -0.344 e. The van der Waals surface area contributed by atoms with E-state index in [4.69, 9.17) is 4.98 Å². The second kappa shape index (κ2) is 6.52. The lowest BCUT2D eigenvalue weighted by molar-refractivity contribution is -0.129. The van der Waals surface area contributed by atoms with Crippen molar-refractivity contribution >= 4 is 33.9 Å². The summed E-state index contributed by atoms with van der Waals surface area (Å²) in [5.74, 6) is 0.741. The molecule has 0 atom stereocenters. The van der Waals surface area contributed by atoms with E-state index in [1.165, 1.54) is 0 Å². The number of hydrogen-bond acceptors (Lipinski definition) is 7. The van der Waals surface area contributed by atoms with E-state index < -0.39 is 0 Å². The van der Waals surface area contributed by atoms with Crippen molar-refractivity contribution in [3.8, 4) is 0 Å². The fourth-order valence-electron chi connectivity index (χ4n) is 3.36. The number of carbonyl (C=O) groups excluding carboxylic acids is 1. The van der Waals surface area contributed by atoms with Gasteiger partial charge in [0.25, 0.3) is 0 Å². The lowest BCUT2D eigenvalue weighted by Crippen LogP contribution is -2.48. The second-order valence-corrected chi connectivity index (χ2v) is 6.89. The second-order valence-electron chi connectivity index (χ2n) is 6.89. The summed E-state index contributed by atoms with van der Waals surface area (Å²) in [5, 5.41) is 9.42. The number of carbonyl (C=O) groups is 1. The van der Waals surface area contributed by atoms with Gasteiger partial charge in [-0.3, -0.25) is 9.78 Å². The van der Waals surface area contributed by atoms with E-state index in [1.807, 2.05) is 36.2 Å². The largest absolute Gasteiger partial charge is 0.344 e. The fourth-order valence-corrected chi connectivity index (χ4v) is 3.36. The van der Waals surface area contributed by atoms with Crippen LogP contribution in [0, 0.1) is 0 Å². The maximum atomic E-state index is 12.0. The minimum absolute atomic E-state index is 0.0737. The number of benzene rings is 1. The Morgan fingerprint density at radius 2 is 2.07 bits per heavy atom. The van der Waals surface area contributed by atoms with Crippen molar-refractivity contribution in [1.82, 2.24) is 34.8 Å². The predicted octanol–water partition coefficient (Wildman–Crippen LogP) is 1.10. The van der Waals surface area contributed by atoms with Gasteiger partial charge < -0.3 is 9.80 Å². The third-order valence-electron chi connectivity index (χ3n) is 5.00. The first-order chi connectivity index (χ1) is 13.7. The number of fused-ring (bicyclic) bond motifs is 2. The highest BCUT2D eigenvalue weighted by atomic mass is 16.2. The van der Waals surface area contributed by atoms with Crippen molar-refractivity contribution in [3.63, 3.8) is 0 Å². The van der Waals surface area contributed by atoms with Gasteiger partial charge in [0.1, 0.15) is 5.82 Å². The van der Waals surface area contributed by atoms with Crippen molar-refractivity contribution in [2.45, 2.75) is 6.54 Å². The number of amides is 1. The first-order valence-corrected chi connectivity index (χ1v) is 9.06. The van der Waals surface area contributed by atoms with E-state index in [-0.39, 0.29) is 5.91 Å². The predicted molar refractivity (Wildman–Crippen MR) is 104 cm³/mol. The van der Waals surface area contributed by atoms with Gasteiger partial charge in [0.15, 0.2) is 5.65 Å². The van der Waals surface area contributed by atoms with Gasteiger partial charge >= 0.3 is 0 Å². The van der Waals surface area contributed by atoms with Gasteiger partial charge in [-0.15, -0.1) is 5.10 Å². The number of anilines is 1. The number of pyridine rings is 1. The zero-order valence-corrected chi connectivity index (χ0v) is 15.4. The zero-order valence-electron chi connectivity index (χ0n) is 15.4. The van der Waals surface area contributed by atoms with E-state index >= 15 is 0 Å². The quantitative estimate of drug-likeness (QED) is 0.530. The van der Waals surface area contributed by atoms with Crippen LogP contribution in [0.25, 0.3) is 22.2 Å². The number of nitrogens with zero attached hydrogens (tertiary/aromatic N) is 8. The third-order valence-corrected chi connectivity index (χ3v) is 5.00. The van der Waals surface area contributed by atoms with Gasteiger partial charge in [0, 0.05) is 31.7 Å². The van der Waals surface area contributed by atoms with Crippen LogP contribution >= 0.6 is 0 Å². The molecule has 0 radical (unpaired) electrons. The van der Waals surface area contributed by atoms with Crippen LogP contribution in [0.3, 0.4) is 0 Å². The molecule has 1 aliphatic heterocycles. The Hall–Kier alpha value is -3.62. The number of piperazine rings is 1. The number of rotatable bonds is 3. The van der Waals surface area contributed by atoms with Crippen LogP contribution in [0.15, 0.2) is 42.7 Å². The maximum Gasteiger partial charge on any atom is 0.241 e. The van der Waals surface area contributed by atoms with Crippen molar-refractivity contribution in [1.29, 1.82) is 0 Å². The van der Waals surface area contributed by atoms with E-state index in [2.05, 4.69) is 26.3 Å². The Bertz CT molecular complexity index is 1190. The zero-order chi connectivity index (χ0) is 19.1. The van der Waals surface area contributed by atoms with Gasteiger partial charge in [-0.05, 0) is 23.8 Å². The molecule has 3 aromatic heterocycles. The molecule has 1 fully saturated rings. The summed E-state index contributed by atoms with van der Waals surface area (Å²) in [7, 11) is 1.81.